The fourth-order valence-electron chi connectivity index (χ4n) is 4.49. The standard InChI is InChI=1S/C32H39Cl2N3O8S/c1-8-20(2)35-32(39)21(3)36(18-22-9-10-23(33)15-26(22)34)31(38)19-37(27-16-24(42-4)11-13-28(27)43-5)46(40,41)25-12-14-29(44-6)30(17-25)45-7/h9-17,20-21H,8,18-19H2,1-7H3,(H,35,39)/t20-,21-/m1/s1. The molecule has 0 aliphatic rings. The van der Waals surface area contributed by atoms with Crippen molar-refractivity contribution in [1.29, 1.82) is 0 Å². The summed E-state index contributed by atoms with van der Waals surface area (Å²) < 4.78 is 51.3. The molecule has 2 atom stereocenters. The van der Waals surface area contributed by atoms with Crippen LogP contribution in [0.25, 0.3) is 0 Å². The summed E-state index contributed by atoms with van der Waals surface area (Å²) in [6.45, 7) is 4.51. The van der Waals surface area contributed by atoms with Crippen molar-refractivity contribution in [3.8, 4) is 23.0 Å². The highest BCUT2D eigenvalue weighted by molar-refractivity contribution is 7.92. The fourth-order valence-corrected chi connectivity index (χ4v) is 6.39. The van der Waals surface area contributed by atoms with E-state index in [1.54, 1.807) is 25.1 Å². The molecule has 3 aromatic carbocycles. The third kappa shape index (κ3) is 8.48. The van der Waals surface area contributed by atoms with Crippen molar-refractivity contribution in [1.82, 2.24) is 10.2 Å². The molecule has 250 valence electrons. The van der Waals surface area contributed by atoms with E-state index in [2.05, 4.69) is 5.32 Å². The zero-order valence-electron chi connectivity index (χ0n) is 26.8. The maximum atomic E-state index is 14.4. The number of rotatable bonds is 15. The van der Waals surface area contributed by atoms with Gasteiger partial charge >= 0.3 is 0 Å². The summed E-state index contributed by atoms with van der Waals surface area (Å²) >= 11 is 12.6. The first-order valence-corrected chi connectivity index (χ1v) is 16.5. The van der Waals surface area contributed by atoms with Crippen molar-refractivity contribution >= 4 is 50.7 Å². The first-order chi connectivity index (χ1) is 21.8. The van der Waals surface area contributed by atoms with Gasteiger partial charge < -0.3 is 29.2 Å². The van der Waals surface area contributed by atoms with E-state index in [-0.39, 0.29) is 39.7 Å². The molecule has 0 saturated carbocycles. The predicted molar refractivity (Wildman–Crippen MR) is 178 cm³/mol. The lowest BCUT2D eigenvalue weighted by Crippen LogP contribution is -2.52. The number of hydrogen-bond donors (Lipinski definition) is 1. The Morgan fingerprint density at radius 2 is 1.50 bits per heavy atom. The molecular weight excluding hydrogens is 657 g/mol. The third-order valence-corrected chi connectivity index (χ3v) is 9.74. The number of halogens is 2. The minimum Gasteiger partial charge on any atom is -0.497 e. The zero-order valence-corrected chi connectivity index (χ0v) is 29.1. The van der Waals surface area contributed by atoms with E-state index in [1.807, 2.05) is 13.8 Å². The Hall–Kier alpha value is -3.87. The molecular formula is C32H39Cl2N3O8S. The van der Waals surface area contributed by atoms with Gasteiger partial charge in [-0.15, -0.1) is 0 Å². The van der Waals surface area contributed by atoms with Crippen LogP contribution < -0.4 is 28.6 Å². The Labute approximate surface area is 280 Å². The van der Waals surface area contributed by atoms with Gasteiger partial charge in [0.15, 0.2) is 11.5 Å². The van der Waals surface area contributed by atoms with E-state index in [0.29, 0.717) is 28.5 Å². The monoisotopic (exact) mass is 695 g/mol. The van der Waals surface area contributed by atoms with Crippen molar-refractivity contribution < 1.29 is 37.0 Å². The topological polar surface area (TPSA) is 124 Å². The number of sulfonamides is 1. The highest BCUT2D eigenvalue weighted by Crippen LogP contribution is 2.38. The molecule has 0 aliphatic carbocycles. The van der Waals surface area contributed by atoms with Gasteiger partial charge in [0.25, 0.3) is 10.0 Å². The van der Waals surface area contributed by atoms with Gasteiger partial charge in [0.05, 0.1) is 39.0 Å². The summed E-state index contributed by atoms with van der Waals surface area (Å²) in [6, 6.07) is 12.3. The maximum Gasteiger partial charge on any atom is 0.265 e. The van der Waals surface area contributed by atoms with Crippen LogP contribution in [0, 0.1) is 0 Å². The van der Waals surface area contributed by atoms with Crippen molar-refractivity contribution in [3.63, 3.8) is 0 Å². The molecule has 3 aromatic rings. The normalized spacial score (nSPS) is 12.5. The second kappa shape index (κ2) is 16.1. The lowest BCUT2D eigenvalue weighted by Gasteiger charge is -2.33. The molecule has 11 nitrogen and oxygen atoms in total. The number of methoxy groups -OCH3 is 4. The molecule has 14 heteroatoms. The van der Waals surface area contributed by atoms with Crippen LogP contribution in [-0.4, -0.2) is 72.2 Å². The summed E-state index contributed by atoms with van der Waals surface area (Å²) in [5.74, 6) is -0.140. The molecule has 46 heavy (non-hydrogen) atoms. The number of benzene rings is 3. The first-order valence-electron chi connectivity index (χ1n) is 14.3. The number of nitrogens with zero attached hydrogens (tertiary/aromatic N) is 2. The summed E-state index contributed by atoms with van der Waals surface area (Å²) in [6.07, 6.45) is 0.669. The van der Waals surface area contributed by atoms with E-state index >= 15 is 0 Å². The second-order valence-electron chi connectivity index (χ2n) is 10.3. The Morgan fingerprint density at radius 3 is 2.09 bits per heavy atom. The predicted octanol–water partition coefficient (Wildman–Crippen LogP) is 5.56. The molecule has 0 fully saturated rings. The molecule has 2 amide bonds. The van der Waals surface area contributed by atoms with Gasteiger partial charge in [-0.05, 0) is 62.2 Å². The van der Waals surface area contributed by atoms with E-state index in [4.69, 9.17) is 42.1 Å². The van der Waals surface area contributed by atoms with Crippen molar-refractivity contribution in [3.05, 3.63) is 70.2 Å². The van der Waals surface area contributed by atoms with Crippen molar-refractivity contribution in [2.24, 2.45) is 0 Å². The molecule has 0 bridgehead atoms. The van der Waals surface area contributed by atoms with E-state index in [0.717, 1.165) is 4.31 Å². The average molecular weight is 697 g/mol. The first kappa shape index (κ1) is 36.6. The van der Waals surface area contributed by atoms with Crippen LogP contribution >= 0.6 is 23.2 Å². The van der Waals surface area contributed by atoms with Crippen LogP contribution in [0.4, 0.5) is 5.69 Å². The number of carbonyl (C=O) groups excluding carboxylic acids is 2. The van der Waals surface area contributed by atoms with E-state index in [9.17, 15) is 18.0 Å². The molecule has 0 heterocycles. The maximum absolute atomic E-state index is 14.4. The minimum atomic E-state index is -4.48. The Morgan fingerprint density at radius 1 is 0.848 bits per heavy atom. The highest BCUT2D eigenvalue weighted by atomic mass is 35.5. The molecule has 0 aliphatic heterocycles. The fraction of sp³-hybridized carbons (Fsp3) is 0.375. The Balaban J connectivity index is 2.19. The smallest absolute Gasteiger partial charge is 0.265 e. The van der Waals surface area contributed by atoms with Crippen LogP contribution in [-0.2, 0) is 26.2 Å². The van der Waals surface area contributed by atoms with Gasteiger partial charge in [-0.25, -0.2) is 8.42 Å². The van der Waals surface area contributed by atoms with E-state index < -0.39 is 34.4 Å². The van der Waals surface area contributed by atoms with Crippen molar-refractivity contribution in [2.75, 3.05) is 39.3 Å². The molecule has 1 N–H and O–H groups in total. The Kier molecular flexibility index (Phi) is 12.8. The van der Waals surface area contributed by atoms with Crippen LogP contribution in [0.15, 0.2) is 59.5 Å². The molecule has 3 rings (SSSR count). The molecule has 0 spiro atoms. The van der Waals surface area contributed by atoms with Gasteiger partial charge in [0.1, 0.15) is 24.1 Å². The van der Waals surface area contributed by atoms with Gasteiger partial charge in [-0.2, -0.15) is 0 Å². The SMILES string of the molecule is CC[C@@H](C)NC(=O)[C@@H](C)N(Cc1ccc(Cl)cc1Cl)C(=O)CN(c1cc(OC)ccc1OC)S(=O)(=O)c1ccc(OC)c(OC)c1. The Bertz CT molecular complexity index is 1650. The van der Waals surface area contributed by atoms with Crippen LogP contribution in [0.3, 0.4) is 0 Å². The van der Waals surface area contributed by atoms with Crippen LogP contribution in [0.5, 0.6) is 23.0 Å². The van der Waals surface area contributed by atoms with Gasteiger partial charge in [-0.3, -0.25) is 13.9 Å². The van der Waals surface area contributed by atoms with Gasteiger partial charge in [0.2, 0.25) is 11.8 Å². The minimum absolute atomic E-state index is 0.0335. The zero-order chi connectivity index (χ0) is 34.2. The van der Waals surface area contributed by atoms with Crippen molar-refractivity contribution in [2.45, 2.75) is 50.7 Å². The van der Waals surface area contributed by atoms with Crippen LogP contribution in [0.2, 0.25) is 10.0 Å². The average Bonchev–Trinajstić information content (AvgIpc) is 3.05. The number of ether oxygens (including phenoxy) is 4. The number of amides is 2. The lowest BCUT2D eigenvalue weighted by molar-refractivity contribution is -0.139. The number of anilines is 1. The summed E-state index contributed by atoms with van der Waals surface area (Å²) in [4.78, 5) is 28.7. The summed E-state index contributed by atoms with van der Waals surface area (Å²) in [5, 5.41) is 3.57. The van der Waals surface area contributed by atoms with Gasteiger partial charge in [0, 0.05) is 34.8 Å². The number of hydrogen-bond acceptors (Lipinski definition) is 8. The largest absolute Gasteiger partial charge is 0.497 e. The molecule has 0 radical (unpaired) electrons. The number of nitrogens with one attached hydrogen (secondary N) is 1. The van der Waals surface area contributed by atoms with E-state index in [1.165, 1.54) is 69.7 Å². The number of carbonyl (C=O) groups is 2. The van der Waals surface area contributed by atoms with Crippen LogP contribution in [0.1, 0.15) is 32.8 Å². The highest BCUT2D eigenvalue weighted by Gasteiger charge is 2.35. The molecule has 0 saturated heterocycles. The summed E-state index contributed by atoms with van der Waals surface area (Å²) in [5.41, 5.74) is 0.544. The second-order valence-corrected chi connectivity index (χ2v) is 13.0. The molecule has 0 unspecified atom stereocenters. The third-order valence-electron chi connectivity index (χ3n) is 7.40. The van der Waals surface area contributed by atoms with Gasteiger partial charge in [-0.1, -0.05) is 36.2 Å². The molecule has 0 aromatic heterocycles. The lowest BCUT2D eigenvalue weighted by atomic mass is 10.1. The quantitative estimate of drug-likeness (QED) is 0.219. The summed E-state index contributed by atoms with van der Waals surface area (Å²) in [7, 11) is 1.14.